The third kappa shape index (κ3) is 3.20. The lowest BCUT2D eigenvalue weighted by molar-refractivity contribution is 0.251. The van der Waals surface area contributed by atoms with Gasteiger partial charge in [-0.1, -0.05) is 6.07 Å². The molecule has 0 unspecified atom stereocenters. The second kappa shape index (κ2) is 7.09. The summed E-state index contributed by atoms with van der Waals surface area (Å²) in [6, 6.07) is 8.35. The first-order valence-electron chi connectivity index (χ1n) is 9.10. The highest BCUT2D eigenvalue weighted by Gasteiger charge is 2.21. The average Bonchev–Trinajstić information content (AvgIpc) is 3.39. The highest BCUT2D eigenvalue weighted by atomic mass is 32.1. The van der Waals surface area contributed by atoms with Crippen molar-refractivity contribution in [2.45, 2.75) is 6.54 Å². The molecule has 0 spiro atoms. The van der Waals surface area contributed by atoms with Crippen molar-refractivity contribution < 1.29 is 0 Å². The van der Waals surface area contributed by atoms with E-state index in [9.17, 15) is 0 Å². The summed E-state index contributed by atoms with van der Waals surface area (Å²) in [4.78, 5) is 19.7. The molecule has 7 heteroatoms. The molecule has 0 saturated carbocycles. The number of hydrogen-bond acceptors (Lipinski definition) is 6. The lowest BCUT2D eigenvalue weighted by Crippen LogP contribution is -2.46. The highest BCUT2D eigenvalue weighted by molar-refractivity contribution is 7.09. The number of rotatable bonds is 4. The largest absolute Gasteiger partial charge is 0.351 e. The Morgan fingerprint density at radius 3 is 2.59 bits per heavy atom. The minimum Gasteiger partial charge on any atom is -0.351 e. The summed E-state index contributed by atoms with van der Waals surface area (Å²) >= 11 is 1.83. The van der Waals surface area contributed by atoms with E-state index in [0.717, 1.165) is 55.4 Å². The molecule has 1 fully saturated rings. The molecule has 6 nitrogen and oxygen atoms in total. The standard InChI is InChI=1S/C20H20N6S/c1-2-17(27-13-1)15-24-9-11-25(12-10-24)19-20-23-14-18(26(20)8-7-22-19)16-3-5-21-6-4-16/h1-8,13-14H,9-12,15H2. The van der Waals surface area contributed by atoms with Gasteiger partial charge in [0.2, 0.25) is 0 Å². The van der Waals surface area contributed by atoms with Gasteiger partial charge in [-0.25, -0.2) is 9.97 Å². The van der Waals surface area contributed by atoms with Gasteiger partial charge < -0.3 is 4.90 Å². The lowest BCUT2D eigenvalue weighted by atomic mass is 10.2. The van der Waals surface area contributed by atoms with Crippen molar-refractivity contribution in [1.82, 2.24) is 24.3 Å². The lowest BCUT2D eigenvalue weighted by Gasteiger charge is -2.35. The van der Waals surface area contributed by atoms with E-state index in [1.807, 2.05) is 54.5 Å². The maximum atomic E-state index is 4.68. The molecule has 1 aliphatic rings. The van der Waals surface area contributed by atoms with E-state index in [1.54, 1.807) is 0 Å². The maximum absolute atomic E-state index is 4.68. The van der Waals surface area contributed by atoms with Crippen LogP contribution >= 0.6 is 11.3 Å². The Morgan fingerprint density at radius 2 is 1.81 bits per heavy atom. The molecular formula is C20H20N6S. The summed E-state index contributed by atoms with van der Waals surface area (Å²) in [5.74, 6) is 0.966. The number of imidazole rings is 1. The van der Waals surface area contributed by atoms with Crippen LogP contribution in [0.25, 0.3) is 16.9 Å². The molecule has 5 heterocycles. The van der Waals surface area contributed by atoms with Gasteiger partial charge in [0.05, 0.1) is 11.9 Å². The van der Waals surface area contributed by atoms with Gasteiger partial charge in [0.1, 0.15) is 0 Å². The topological polar surface area (TPSA) is 49.6 Å². The fourth-order valence-corrected chi connectivity index (χ4v) is 4.35. The van der Waals surface area contributed by atoms with E-state index in [-0.39, 0.29) is 0 Å². The summed E-state index contributed by atoms with van der Waals surface area (Å²) in [6.45, 7) is 5.06. The normalized spacial score (nSPS) is 15.5. The van der Waals surface area contributed by atoms with Gasteiger partial charge in [-0.2, -0.15) is 0 Å². The molecule has 0 aliphatic carbocycles. The zero-order chi connectivity index (χ0) is 18.1. The Balaban J connectivity index is 1.37. The molecule has 1 aliphatic heterocycles. The zero-order valence-electron chi connectivity index (χ0n) is 14.9. The smallest absolute Gasteiger partial charge is 0.180 e. The summed E-state index contributed by atoms with van der Waals surface area (Å²) in [7, 11) is 0. The van der Waals surface area contributed by atoms with Gasteiger partial charge in [0.25, 0.3) is 0 Å². The number of anilines is 1. The molecule has 4 aromatic rings. The van der Waals surface area contributed by atoms with Crippen LogP contribution in [0.3, 0.4) is 0 Å². The van der Waals surface area contributed by atoms with E-state index in [0.29, 0.717) is 0 Å². The van der Waals surface area contributed by atoms with Crippen LogP contribution in [0.4, 0.5) is 5.82 Å². The van der Waals surface area contributed by atoms with Crippen LogP contribution in [0.1, 0.15) is 4.88 Å². The molecule has 0 amide bonds. The van der Waals surface area contributed by atoms with Crippen molar-refractivity contribution in [3.8, 4) is 11.3 Å². The van der Waals surface area contributed by atoms with Crippen molar-refractivity contribution in [1.29, 1.82) is 0 Å². The van der Waals surface area contributed by atoms with Gasteiger partial charge in [0, 0.05) is 68.0 Å². The molecular weight excluding hydrogens is 356 g/mol. The summed E-state index contributed by atoms with van der Waals surface area (Å²) in [5, 5.41) is 2.15. The molecule has 0 radical (unpaired) electrons. The third-order valence-electron chi connectivity index (χ3n) is 5.02. The molecule has 1 saturated heterocycles. The number of hydrogen-bond donors (Lipinski definition) is 0. The van der Waals surface area contributed by atoms with Gasteiger partial charge in [-0.3, -0.25) is 14.3 Å². The van der Waals surface area contributed by atoms with Crippen LogP contribution < -0.4 is 4.90 Å². The van der Waals surface area contributed by atoms with E-state index in [1.165, 1.54) is 4.88 Å². The molecule has 136 valence electrons. The zero-order valence-corrected chi connectivity index (χ0v) is 15.7. The Hall–Kier alpha value is -2.77. The van der Waals surface area contributed by atoms with Crippen molar-refractivity contribution >= 4 is 22.8 Å². The summed E-state index contributed by atoms with van der Waals surface area (Å²) < 4.78 is 2.12. The van der Waals surface area contributed by atoms with E-state index >= 15 is 0 Å². The Bertz CT molecular complexity index is 1020. The molecule has 0 N–H and O–H groups in total. The number of thiophene rings is 1. The molecule has 4 aromatic heterocycles. The molecule has 0 bridgehead atoms. The third-order valence-corrected chi connectivity index (χ3v) is 5.88. The average molecular weight is 376 g/mol. The summed E-state index contributed by atoms with van der Waals surface area (Å²) in [6.07, 6.45) is 9.39. The van der Waals surface area contributed by atoms with Crippen molar-refractivity contribution in [3.63, 3.8) is 0 Å². The maximum Gasteiger partial charge on any atom is 0.180 e. The van der Waals surface area contributed by atoms with E-state index in [4.69, 9.17) is 0 Å². The van der Waals surface area contributed by atoms with Crippen molar-refractivity contribution in [2.75, 3.05) is 31.1 Å². The van der Waals surface area contributed by atoms with Gasteiger partial charge >= 0.3 is 0 Å². The number of aromatic nitrogens is 4. The highest BCUT2D eigenvalue weighted by Crippen LogP contribution is 2.25. The number of nitrogens with zero attached hydrogens (tertiary/aromatic N) is 6. The van der Waals surface area contributed by atoms with Crippen molar-refractivity contribution in [3.05, 3.63) is 65.5 Å². The fraction of sp³-hybridized carbons (Fsp3) is 0.250. The second-order valence-corrected chi connectivity index (χ2v) is 7.70. The molecule has 0 atom stereocenters. The Kier molecular flexibility index (Phi) is 4.31. The monoisotopic (exact) mass is 376 g/mol. The van der Waals surface area contributed by atoms with Crippen LogP contribution in [0.15, 0.2) is 60.6 Å². The first-order valence-corrected chi connectivity index (χ1v) is 9.98. The quantitative estimate of drug-likeness (QED) is 0.548. The predicted octanol–water partition coefficient (Wildman–Crippen LogP) is 3.18. The van der Waals surface area contributed by atoms with Crippen LogP contribution in [-0.2, 0) is 6.54 Å². The first kappa shape index (κ1) is 16.4. The van der Waals surface area contributed by atoms with Crippen LogP contribution in [0, 0.1) is 0 Å². The van der Waals surface area contributed by atoms with Crippen molar-refractivity contribution in [2.24, 2.45) is 0 Å². The molecule has 5 rings (SSSR count). The minimum absolute atomic E-state index is 0.913. The Labute approximate surface area is 161 Å². The van der Waals surface area contributed by atoms with Gasteiger partial charge in [0.15, 0.2) is 11.5 Å². The van der Waals surface area contributed by atoms with Crippen LogP contribution in [-0.4, -0.2) is 50.4 Å². The second-order valence-electron chi connectivity index (χ2n) is 6.67. The number of pyridine rings is 1. The van der Waals surface area contributed by atoms with E-state index < -0.39 is 0 Å². The van der Waals surface area contributed by atoms with Crippen LogP contribution in [0.5, 0.6) is 0 Å². The molecule has 27 heavy (non-hydrogen) atoms. The summed E-state index contributed by atoms with van der Waals surface area (Å²) in [5.41, 5.74) is 3.08. The van der Waals surface area contributed by atoms with Gasteiger partial charge in [-0.15, -0.1) is 11.3 Å². The first-order chi connectivity index (χ1) is 13.4. The number of piperazine rings is 1. The SMILES string of the molecule is c1csc(CN2CCN(c3nccn4c(-c5ccncc5)cnc34)CC2)c1. The van der Waals surface area contributed by atoms with Gasteiger partial charge in [-0.05, 0) is 23.6 Å². The number of fused-ring (bicyclic) bond motifs is 1. The minimum atomic E-state index is 0.913. The Morgan fingerprint density at radius 1 is 0.963 bits per heavy atom. The fourth-order valence-electron chi connectivity index (χ4n) is 3.61. The molecule has 0 aromatic carbocycles. The predicted molar refractivity (Wildman–Crippen MR) is 108 cm³/mol. The van der Waals surface area contributed by atoms with E-state index in [2.05, 4.69) is 46.7 Å². The van der Waals surface area contributed by atoms with Crippen LogP contribution in [0.2, 0.25) is 0 Å².